The van der Waals surface area contributed by atoms with E-state index in [0.717, 1.165) is 35.5 Å². The Morgan fingerprint density at radius 2 is 1.38 bits per heavy atom. The summed E-state index contributed by atoms with van der Waals surface area (Å²) in [5.41, 5.74) is 2.88. The highest BCUT2D eigenvalue weighted by Crippen LogP contribution is 2.24. The Hall–Kier alpha value is -2.95. The van der Waals surface area contributed by atoms with Crippen LogP contribution in [-0.4, -0.2) is 29.4 Å². The van der Waals surface area contributed by atoms with Crippen LogP contribution in [0, 0.1) is 5.92 Å². The van der Waals surface area contributed by atoms with E-state index in [1.54, 1.807) is 0 Å². The summed E-state index contributed by atoms with van der Waals surface area (Å²) in [6, 6.07) is 15.5. The maximum atomic E-state index is 13.8. The predicted molar refractivity (Wildman–Crippen MR) is 128 cm³/mol. The van der Waals surface area contributed by atoms with Crippen LogP contribution in [0.5, 0.6) is 11.5 Å². The molecule has 1 aromatic heterocycles. The molecular weight excluding hydrogens is 403 g/mol. The lowest BCUT2D eigenvalue weighted by molar-refractivity contribution is 0.174. The normalized spacial score (nSPS) is 12.0. The molecule has 0 spiro atoms. The van der Waals surface area contributed by atoms with Crippen LogP contribution in [0.25, 0.3) is 22.5 Å². The first kappa shape index (κ1) is 23.7. The molecule has 1 unspecified atom stereocenters. The van der Waals surface area contributed by atoms with Gasteiger partial charge in [0.05, 0.1) is 6.61 Å². The minimum atomic E-state index is -0.952. The third kappa shape index (κ3) is 7.33. The second-order valence-corrected chi connectivity index (χ2v) is 8.44. The van der Waals surface area contributed by atoms with Gasteiger partial charge in [-0.1, -0.05) is 45.7 Å². The van der Waals surface area contributed by atoms with Crippen LogP contribution in [0.1, 0.15) is 46.5 Å². The van der Waals surface area contributed by atoms with E-state index in [-0.39, 0.29) is 6.61 Å². The monoisotopic (exact) mass is 436 g/mol. The first-order valence-corrected chi connectivity index (χ1v) is 11.5. The van der Waals surface area contributed by atoms with Gasteiger partial charge < -0.3 is 9.47 Å². The summed E-state index contributed by atoms with van der Waals surface area (Å²) < 4.78 is 25.1. The molecule has 0 N–H and O–H groups in total. The zero-order valence-electron chi connectivity index (χ0n) is 19.3. The van der Waals surface area contributed by atoms with Crippen molar-refractivity contribution in [1.82, 2.24) is 9.97 Å². The fourth-order valence-electron chi connectivity index (χ4n) is 3.38. The zero-order chi connectivity index (χ0) is 22.8. The standard InChI is InChI=1S/C27H33FN2O2/c1-4-5-6-15-31-25-11-7-21(8-12-25)23-17-29-27(30-18-23)22-9-13-26(14-10-22)32-19-24(28)16-20(2)3/h7-14,17-18,20,24H,4-6,15-16,19H2,1-3H3. The van der Waals surface area contributed by atoms with Gasteiger partial charge in [0.1, 0.15) is 24.3 Å². The van der Waals surface area contributed by atoms with Crippen LogP contribution in [0.15, 0.2) is 60.9 Å². The number of benzene rings is 2. The van der Waals surface area contributed by atoms with Crippen molar-refractivity contribution in [2.45, 2.75) is 52.6 Å². The Kier molecular flexibility index (Phi) is 9.02. The third-order valence-electron chi connectivity index (χ3n) is 5.13. The summed E-state index contributed by atoms with van der Waals surface area (Å²) in [5, 5.41) is 0. The lowest BCUT2D eigenvalue weighted by atomic mass is 10.1. The molecule has 0 saturated carbocycles. The molecule has 3 rings (SSSR count). The van der Waals surface area contributed by atoms with Crippen molar-refractivity contribution < 1.29 is 13.9 Å². The molecule has 1 atom stereocenters. The predicted octanol–water partition coefficient (Wildman–Crippen LogP) is 7.14. The molecule has 0 fully saturated rings. The second kappa shape index (κ2) is 12.2. The number of rotatable bonds is 12. The van der Waals surface area contributed by atoms with Gasteiger partial charge in [0.25, 0.3) is 0 Å². The highest BCUT2D eigenvalue weighted by Gasteiger charge is 2.10. The smallest absolute Gasteiger partial charge is 0.159 e. The third-order valence-corrected chi connectivity index (χ3v) is 5.13. The molecular formula is C27H33FN2O2. The van der Waals surface area contributed by atoms with Crippen molar-refractivity contribution in [3.63, 3.8) is 0 Å². The highest BCUT2D eigenvalue weighted by atomic mass is 19.1. The minimum Gasteiger partial charge on any atom is -0.494 e. The SMILES string of the molecule is CCCCCOc1ccc(-c2cnc(-c3ccc(OCC(F)CC(C)C)cc3)nc2)cc1. The van der Waals surface area contributed by atoms with Crippen molar-refractivity contribution in [3.8, 4) is 34.0 Å². The Labute approximate surface area is 190 Å². The quantitative estimate of drug-likeness (QED) is 0.283. The molecule has 0 radical (unpaired) electrons. The van der Waals surface area contributed by atoms with Crippen LogP contribution in [0.2, 0.25) is 0 Å². The van der Waals surface area contributed by atoms with E-state index in [4.69, 9.17) is 9.47 Å². The van der Waals surface area contributed by atoms with Gasteiger partial charge in [-0.15, -0.1) is 0 Å². The molecule has 32 heavy (non-hydrogen) atoms. The number of halogens is 1. The number of alkyl halides is 1. The van der Waals surface area contributed by atoms with Gasteiger partial charge in [-0.3, -0.25) is 0 Å². The Morgan fingerprint density at radius 1 is 0.781 bits per heavy atom. The molecule has 3 aromatic rings. The number of hydrogen-bond donors (Lipinski definition) is 0. The lowest BCUT2D eigenvalue weighted by Gasteiger charge is -2.12. The minimum absolute atomic E-state index is 0.0747. The molecule has 0 amide bonds. The van der Waals surface area contributed by atoms with E-state index < -0.39 is 6.17 Å². The molecule has 0 aliphatic rings. The average Bonchev–Trinajstić information content (AvgIpc) is 2.81. The molecule has 0 aliphatic heterocycles. The van der Waals surface area contributed by atoms with E-state index in [1.165, 1.54) is 12.8 Å². The van der Waals surface area contributed by atoms with E-state index in [2.05, 4.69) is 16.9 Å². The summed E-state index contributed by atoms with van der Waals surface area (Å²) >= 11 is 0. The lowest BCUT2D eigenvalue weighted by Crippen LogP contribution is -2.15. The van der Waals surface area contributed by atoms with Crippen molar-refractivity contribution in [3.05, 3.63) is 60.9 Å². The van der Waals surface area contributed by atoms with Gasteiger partial charge in [-0.2, -0.15) is 0 Å². The summed E-state index contributed by atoms with van der Waals surface area (Å²) in [7, 11) is 0. The highest BCUT2D eigenvalue weighted by molar-refractivity contribution is 5.64. The largest absolute Gasteiger partial charge is 0.494 e. The zero-order valence-corrected chi connectivity index (χ0v) is 19.3. The maximum absolute atomic E-state index is 13.8. The number of hydrogen-bond acceptors (Lipinski definition) is 4. The van der Waals surface area contributed by atoms with Crippen molar-refractivity contribution >= 4 is 0 Å². The maximum Gasteiger partial charge on any atom is 0.159 e. The first-order valence-electron chi connectivity index (χ1n) is 11.5. The Bertz CT molecular complexity index is 925. The molecule has 4 nitrogen and oxygen atoms in total. The molecule has 170 valence electrons. The van der Waals surface area contributed by atoms with Gasteiger partial charge in [-0.25, -0.2) is 14.4 Å². The molecule has 0 bridgehead atoms. The van der Waals surface area contributed by atoms with Crippen molar-refractivity contribution in [2.75, 3.05) is 13.2 Å². The van der Waals surface area contributed by atoms with Gasteiger partial charge >= 0.3 is 0 Å². The first-order chi connectivity index (χ1) is 15.5. The number of aromatic nitrogens is 2. The van der Waals surface area contributed by atoms with E-state index in [9.17, 15) is 4.39 Å². The van der Waals surface area contributed by atoms with Crippen LogP contribution >= 0.6 is 0 Å². The van der Waals surface area contributed by atoms with E-state index >= 15 is 0 Å². The second-order valence-electron chi connectivity index (χ2n) is 8.44. The van der Waals surface area contributed by atoms with Crippen molar-refractivity contribution in [2.24, 2.45) is 5.92 Å². The molecule has 2 aromatic carbocycles. The van der Waals surface area contributed by atoms with Crippen molar-refractivity contribution in [1.29, 1.82) is 0 Å². The van der Waals surface area contributed by atoms with Gasteiger partial charge in [-0.05, 0) is 60.7 Å². The molecule has 0 aliphatic carbocycles. The summed E-state index contributed by atoms with van der Waals surface area (Å²) in [6.45, 7) is 7.02. The van der Waals surface area contributed by atoms with Gasteiger partial charge in [0.2, 0.25) is 0 Å². The molecule has 1 heterocycles. The summed E-state index contributed by atoms with van der Waals surface area (Å²) in [5.74, 6) is 2.49. The molecule has 0 saturated heterocycles. The van der Waals surface area contributed by atoms with Crippen LogP contribution in [0.3, 0.4) is 0 Å². The number of nitrogens with zero attached hydrogens (tertiary/aromatic N) is 2. The summed E-state index contributed by atoms with van der Waals surface area (Å²) in [6.07, 6.45) is 6.66. The average molecular weight is 437 g/mol. The van der Waals surface area contributed by atoms with Crippen LogP contribution in [0.4, 0.5) is 4.39 Å². The number of ether oxygens (including phenoxy) is 2. The topological polar surface area (TPSA) is 44.2 Å². The van der Waals surface area contributed by atoms with E-state index in [1.807, 2.05) is 74.8 Å². The van der Waals surface area contributed by atoms with E-state index in [0.29, 0.717) is 23.9 Å². The fourth-order valence-corrected chi connectivity index (χ4v) is 3.38. The van der Waals surface area contributed by atoms with Gasteiger partial charge in [0, 0.05) is 23.5 Å². The molecule has 5 heteroatoms. The Morgan fingerprint density at radius 3 is 1.97 bits per heavy atom. The van der Waals surface area contributed by atoms with Gasteiger partial charge in [0.15, 0.2) is 5.82 Å². The van der Waals surface area contributed by atoms with Crippen LogP contribution < -0.4 is 9.47 Å². The van der Waals surface area contributed by atoms with Crippen LogP contribution in [-0.2, 0) is 0 Å². The summed E-state index contributed by atoms with van der Waals surface area (Å²) in [4.78, 5) is 9.02. The number of unbranched alkanes of at least 4 members (excludes halogenated alkanes) is 2. The fraction of sp³-hybridized carbons (Fsp3) is 0.407. The Balaban J connectivity index is 1.56.